The van der Waals surface area contributed by atoms with E-state index in [1.165, 1.54) is 19.2 Å². The van der Waals surface area contributed by atoms with Crippen LogP contribution in [0.15, 0.2) is 24.3 Å². The Morgan fingerprint density at radius 2 is 2.16 bits per heavy atom. The summed E-state index contributed by atoms with van der Waals surface area (Å²) >= 11 is 0. The molecule has 0 spiro atoms. The number of carbonyl (C=O) groups excluding carboxylic acids is 1. The van der Waals surface area contributed by atoms with E-state index in [0.717, 1.165) is 0 Å². The molecule has 0 heterocycles. The van der Waals surface area contributed by atoms with Crippen molar-refractivity contribution < 1.29 is 18.7 Å². The molecule has 0 aromatic heterocycles. The number of methoxy groups -OCH3 is 1. The predicted octanol–water partition coefficient (Wildman–Crippen LogP) is 2.13. The van der Waals surface area contributed by atoms with Crippen molar-refractivity contribution >= 4 is 5.97 Å². The van der Waals surface area contributed by atoms with Crippen molar-refractivity contribution in [1.29, 1.82) is 0 Å². The van der Waals surface area contributed by atoms with Crippen LogP contribution < -0.4 is 10.1 Å². The SMILES string of the molecule is COC(=O)C(C)(COc1cccc(F)c1)NC(C)C. The van der Waals surface area contributed by atoms with Gasteiger partial charge in [-0.05, 0) is 32.9 Å². The molecule has 0 fully saturated rings. The Kier molecular flexibility index (Phi) is 5.30. The molecule has 0 aliphatic carbocycles. The highest BCUT2D eigenvalue weighted by atomic mass is 19.1. The molecule has 1 aromatic rings. The van der Waals surface area contributed by atoms with E-state index in [4.69, 9.17) is 9.47 Å². The lowest BCUT2D eigenvalue weighted by Gasteiger charge is -2.29. The molecular weight excluding hydrogens is 249 g/mol. The molecule has 0 amide bonds. The third-order valence-electron chi connectivity index (χ3n) is 2.57. The van der Waals surface area contributed by atoms with E-state index in [0.29, 0.717) is 5.75 Å². The fourth-order valence-electron chi connectivity index (χ4n) is 1.81. The topological polar surface area (TPSA) is 47.6 Å². The second-order valence-electron chi connectivity index (χ2n) is 4.87. The van der Waals surface area contributed by atoms with E-state index in [2.05, 4.69) is 5.32 Å². The molecule has 1 atom stereocenters. The maximum atomic E-state index is 13.0. The minimum atomic E-state index is -0.977. The Balaban J connectivity index is 2.75. The van der Waals surface area contributed by atoms with Crippen LogP contribution in [0.2, 0.25) is 0 Å². The predicted molar refractivity (Wildman–Crippen MR) is 70.6 cm³/mol. The molecule has 0 bridgehead atoms. The van der Waals surface area contributed by atoms with Crippen LogP contribution in [0, 0.1) is 5.82 Å². The molecule has 19 heavy (non-hydrogen) atoms. The second-order valence-corrected chi connectivity index (χ2v) is 4.87. The van der Waals surface area contributed by atoms with E-state index in [1.54, 1.807) is 19.1 Å². The van der Waals surface area contributed by atoms with Gasteiger partial charge in [-0.15, -0.1) is 0 Å². The normalized spacial score (nSPS) is 14.0. The summed E-state index contributed by atoms with van der Waals surface area (Å²) in [4.78, 5) is 11.8. The highest BCUT2D eigenvalue weighted by molar-refractivity contribution is 5.80. The van der Waals surface area contributed by atoms with E-state index in [-0.39, 0.29) is 18.5 Å². The summed E-state index contributed by atoms with van der Waals surface area (Å²) in [5.74, 6) is -0.424. The van der Waals surface area contributed by atoms with Gasteiger partial charge in [0.15, 0.2) is 0 Å². The lowest BCUT2D eigenvalue weighted by Crippen LogP contribution is -2.56. The number of halogens is 1. The van der Waals surface area contributed by atoms with E-state index >= 15 is 0 Å². The van der Waals surface area contributed by atoms with Crippen molar-refractivity contribution in [2.45, 2.75) is 32.4 Å². The van der Waals surface area contributed by atoms with E-state index < -0.39 is 11.5 Å². The molecule has 1 N–H and O–H groups in total. The van der Waals surface area contributed by atoms with Crippen molar-refractivity contribution in [3.8, 4) is 5.75 Å². The third kappa shape index (κ3) is 4.52. The number of hydrogen-bond donors (Lipinski definition) is 1. The maximum absolute atomic E-state index is 13.0. The lowest BCUT2D eigenvalue weighted by molar-refractivity contribution is -0.149. The second kappa shape index (κ2) is 6.52. The van der Waals surface area contributed by atoms with Crippen LogP contribution >= 0.6 is 0 Å². The quantitative estimate of drug-likeness (QED) is 0.804. The molecular formula is C14H20FNO3. The standard InChI is InChI=1S/C14H20FNO3/c1-10(2)16-14(3,13(17)18-4)9-19-12-7-5-6-11(15)8-12/h5-8,10,16H,9H2,1-4H3. The van der Waals surface area contributed by atoms with Crippen LogP contribution in [0.3, 0.4) is 0 Å². The van der Waals surface area contributed by atoms with Crippen molar-refractivity contribution in [2.24, 2.45) is 0 Å². The van der Waals surface area contributed by atoms with E-state index in [1.807, 2.05) is 13.8 Å². The summed E-state index contributed by atoms with van der Waals surface area (Å²) in [6.45, 7) is 5.59. The van der Waals surface area contributed by atoms with Crippen molar-refractivity contribution in [1.82, 2.24) is 5.32 Å². The average molecular weight is 269 g/mol. The Labute approximate surface area is 112 Å². The first-order chi connectivity index (χ1) is 8.87. The molecule has 0 radical (unpaired) electrons. The van der Waals surface area contributed by atoms with Crippen LogP contribution in [0.4, 0.5) is 4.39 Å². The van der Waals surface area contributed by atoms with Gasteiger partial charge in [0.2, 0.25) is 0 Å². The molecule has 5 heteroatoms. The smallest absolute Gasteiger partial charge is 0.329 e. The summed E-state index contributed by atoms with van der Waals surface area (Å²) in [6, 6.07) is 5.87. The molecule has 1 rings (SSSR count). The molecule has 1 unspecified atom stereocenters. The van der Waals surface area contributed by atoms with Gasteiger partial charge in [0, 0.05) is 12.1 Å². The molecule has 1 aromatic carbocycles. The molecule has 4 nitrogen and oxygen atoms in total. The van der Waals surface area contributed by atoms with Gasteiger partial charge in [0.1, 0.15) is 23.7 Å². The van der Waals surface area contributed by atoms with Gasteiger partial charge in [-0.3, -0.25) is 5.32 Å². The van der Waals surface area contributed by atoms with Gasteiger partial charge in [-0.1, -0.05) is 6.07 Å². The average Bonchev–Trinajstić information content (AvgIpc) is 2.34. The first kappa shape index (κ1) is 15.4. The van der Waals surface area contributed by atoms with Crippen molar-refractivity contribution in [2.75, 3.05) is 13.7 Å². The summed E-state index contributed by atoms with van der Waals surface area (Å²) in [6.07, 6.45) is 0. The fraction of sp³-hybridized carbons (Fsp3) is 0.500. The summed E-state index contributed by atoms with van der Waals surface area (Å²) in [7, 11) is 1.32. The summed E-state index contributed by atoms with van der Waals surface area (Å²) in [5.41, 5.74) is -0.977. The Morgan fingerprint density at radius 3 is 2.68 bits per heavy atom. The highest BCUT2D eigenvalue weighted by Gasteiger charge is 2.35. The van der Waals surface area contributed by atoms with Crippen LogP contribution in [0.1, 0.15) is 20.8 Å². The highest BCUT2D eigenvalue weighted by Crippen LogP contribution is 2.16. The first-order valence-corrected chi connectivity index (χ1v) is 6.12. The van der Waals surface area contributed by atoms with Crippen molar-refractivity contribution in [3.63, 3.8) is 0 Å². The third-order valence-corrected chi connectivity index (χ3v) is 2.57. The van der Waals surface area contributed by atoms with Crippen LogP contribution in [-0.4, -0.2) is 31.3 Å². The minimum Gasteiger partial charge on any atom is -0.491 e. The number of rotatable bonds is 6. The maximum Gasteiger partial charge on any atom is 0.329 e. The minimum absolute atomic E-state index is 0.0569. The van der Waals surface area contributed by atoms with Crippen LogP contribution in [-0.2, 0) is 9.53 Å². The van der Waals surface area contributed by atoms with Gasteiger partial charge in [0.05, 0.1) is 7.11 Å². The summed E-state index contributed by atoms with van der Waals surface area (Å²) in [5, 5.41) is 3.10. The molecule has 106 valence electrons. The molecule has 0 saturated heterocycles. The van der Waals surface area contributed by atoms with Gasteiger partial charge in [-0.2, -0.15) is 0 Å². The Hall–Kier alpha value is -1.62. The molecule has 0 saturated carbocycles. The number of hydrogen-bond acceptors (Lipinski definition) is 4. The Bertz CT molecular complexity index is 436. The molecule has 0 aliphatic rings. The number of esters is 1. The Morgan fingerprint density at radius 1 is 1.47 bits per heavy atom. The van der Waals surface area contributed by atoms with Gasteiger partial charge >= 0.3 is 5.97 Å². The number of benzene rings is 1. The monoisotopic (exact) mass is 269 g/mol. The zero-order valence-corrected chi connectivity index (χ0v) is 11.7. The van der Waals surface area contributed by atoms with Crippen LogP contribution in [0.5, 0.6) is 5.75 Å². The van der Waals surface area contributed by atoms with Crippen molar-refractivity contribution in [3.05, 3.63) is 30.1 Å². The lowest BCUT2D eigenvalue weighted by atomic mass is 10.0. The van der Waals surface area contributed by atoms with E-state index in [9.17, 15) is 9.18 Å². The largest absolute Gasteiger partial charge is 0.491 e. The van der Waals surface area contributed by atoms with Gasteiger partial charge in [-0.25, -0.2) is 9.18 Å². The zero-order chi connectivity index (χ0) is 14.5. The fourth-order valence-corrected chi connectivity index (χ4v) is 1.81. The van der Waals surface area contributed by atoms with Gasteiger partial charge < -0.3 is 9.47 Å². The number of carbonyl (C=O) groups is 1. The number of ether oxygens (including phenoxy) is 2. The summed E-state index contributed by atoms with van der Waals surface area (Å²) < 4.78 is 23.3. The first-order valence-electron chi connectivity index (χ1n) is 6.12. The molecule has 0 aliphatic heterocycles. The zero-order valence-electron chi connectivity index (χ0n) is 11.7. The van der Waals surface area contributed by atoms with Gasteiger partial charge in [0.25, 0.3) is 0 Å². The van der Waals surface area contributed by atoms with Crippen LogP contribution in [0.25, 0.3) is 0 Å². The number of nitrogens with one attached hydrogen (secondary N) is 1.